The zero-order valence-electron chi connectivity index (χ0n) is 6.58. The van der Waals surface area contributed by atoms with Crippen molar-refractivity contribution in [2.45, 2.75) is 26.2 Å². The van der Waals surface area contributed by atoms with E-state index < -0.39 is 0 Å². The van der Waals surface area contributed by atoms with Gasteiger partial charge in [-0.3, -0.25) is 0 Å². The number of nitrogens with two attached hydrogens (primary N) is 1. The molecule has 1 nitrogen and oxygen atoms in total. The maximum absolute atomic E-state index is 5.11. The van der Waals surface area contributed by atoms with Crippen LogP contribution in [0.1, 0.15) is 26.2 Å². The molecular weight excluding hydrogens is 258 g/mol. The molecule has 3 heteroatoms. The molecule has 0 saturated carbocycles. The number of hydrogen-bond donors (Lipinski definition) is 1. The van der Waals surface area contributed by atoms with E-state index in [-0.39, 0.29) is 0 Å². The van der Waals surface area contributed by atoms with Gasteiger partial charge in [0.1, 0.15) is 0 Å². The Morgan fingerprint density at radius 1 is 1.10 bits per heavy atom. The molecule has 0 aliphatic carbocycles. The van der Waals surface area contributed by atoms with Crippen molar-refractivity contribution in [2.24, 2.45) is 5.73 Å². The topological polar surface area (TPSA) is 26.0 Å². The Morgan fingerprint density at radius 2 is 1.60 bits per heavy atom. The molecule has 0 aliphatic heterocycles. The van der Waals surface area contributed by atoms with E-state index in [2.05, 4.69) is 38.8 Å². The summed E-state index contributed by atoms with van der Waals surface area (Å²) >= 11 is 6.54. The molecule has 0 atom stereocenters. The van der Waals surface area contributed by atoms with Gasteiger partial charge < -0.3 is 5.73 Å². The highest BCUT2D eigenvalue weighted by atomic mass is 79.9. The van der Waals surface area contributed by atoms with Crippen molar-refractivity contribution in [3.05, 3.63) is 0 Å². The second-order valence-electron chi connectivity index (χ2n) is 1.87. The minimum absolute atomic E-state index is 0.797. The predicted molar refractivity (Wildman–Crippen MR) is 56.2 cm³/mol. The normalized spacial score (nSPS) is 8.40. The SMILES string of the molecule is CCCCBr.NCCCBr. The zero-order chi connectivity index (χ0) is 8.24. The third kappa shape index (κ3) is 23.1. The first kappa shape index (κ1) is 13.5. The van der Waals surface area contributed by atoms with Gasteiger partial charge in [-0.1, -0.05) is 45.2 Å². The van der Waals surface area contributed by atoms with Gasteiger partial charge in [0.15, 0.2) is 0 Å². The third-order valence-corrected chi connectivity index (χ3v) is 1.95. The van der Waals surface area contributed by atoms with Crippen molar-refractivity contribution in [3.8, 4) is 0 Å². The van der Waals surface area contributed by atoms with Gasteiger partial charge in [0.2, 0.25) is 0 Å². The average molecular weight is 275 g/mol. The molecule has 0 aliphatic rings. The molecule has 0 aromatic heterocycles. The van der Waals surface area contributed by atoms with Crippen molar-refractivity contribution < 1.29 is 0 Å². The second kappa shape index (κ2) is 16.5. The maximum atomic E-state index is 5.11. The smallest absolute Gasteiger partial charge is 0.00433 e. The van der Waals surface area contributed by atoms with E-state index in [1.165, 1.54) is 12.8 Å². The first-order valence-corrected chi connectivity index (χ1v) is 5.89. The van der Waals surface area contributed by atoms with E-state index in [9.17, 15) is 0 Å². The summed E-state index contributed by atoms with van der Waals surface area (Å²) in [6, 6.07) is 0. The molecule has 64 valence electrons. The van der Waals surface area contributed by atoms with Crippen LogP contribution in [-0.4, -0.2) is 17.2 Å². The van der Waals surface area contributed by atoms with Gasteiger partial charge in [-0.2, -0.15) is 0 Å². The van der Waals surface area contributed by atoms with Crippen LogP contribution in [0.25, 0.3) is 0 Å². The molecule has 0 rings (SSSR count). The van der Waals surface area contributed by atoms with Crippen molar-refractivity contribution in [1.82, 2.24) is 0 Å². The van der Waals surface area contributed by atoms with Crippen LogP contribution in [-0.2, 0) is 0 Å². The molecule has 0 saturated heterocycles. The van der Waals surface area contributed by atoms with Gasteiger partial charge >= 0.3 is 0 Å². The lowest BCUT2D eigenvalue weighted by Crippen LogP contribution is -1.97. The van der Waals surface area contributed by atoms with Crippen LogP contribution in [0.15, 0.2) is 0 Å². The molecule has 0 aromatic rings. The zero-order valence-corrected chi connectivity index (χ0v) is 9.75. The summed E-state index contributed by atoms with van der Waals surface area (Å²) in [5.41, 5.74) is 5.11. The summed E-state index contributed by atoms with van der Waals surface area (Å²) < 4.78 is 0. The van der Waals surface area contributed by atoms with Crippen molar-refractivity contribution >= 4 is 31.9 Å². The number of unbranched alkanes of at least 4 members (excludes halogenated alkanes) is 1. The molecular formula is C7H17Br2N. The van der Waals surface area contributed by atoms with Gasteiger partial charge in [-0.25, -0.2) is 0 Å². The molecule has 2 N–H and O–H groups in total. The van der Waals surface area contributed by atoms with Crippen LogP contribution >= 0.6 is 31.9 Å². The van der Waals surface area contributed by atoms with Gasteiger partial charge in [0, 0.05) is 10.7 Å². The highest BCUT2D eigenvalue weighted by Crippen LogP contribution is 1.89. The molecule has 0 aromatic carbocycles. The molecule has 0 spiro atoms. The van der Waals surface area contributed by atoms with E-state index in [4.69, 9.17) is 5.73 Å². The Kier molecular flexibility index (Phi) is 22.3. The van der Waals surface area contributed by atoms with Crippen LogP contribution < -0.4 is 5.73 Å². The third-order valence-electron chi connectivity index (χ3n) is 0.825. The lowest BCUT2D eigenvalue weighted by atomic mass is 10.4. The van der Waals surface area contributed by atoms with Crippen LogP contribution in [0.5, 0.6) is 0 Å². The van der Waals surface area contributed by atoms with Gasteiger partial charge in [-0.15, -0.1) is 0 Å². The molecule has 0 fully saturated rings. The highest BCUT2D eigenvalue weighted by molar-refractivity contribution is 9.09. The van der Waals surface area contributed by atoms with Crippen molar-refractivity contribution in [1.29, 1.82) is 0 Å². The van der Waals surface area contributed by atoms with E-state index in [1.807, 2.05) is 0 Å². The lowest BCUT2D eigenvalue weighted by molar-refractivity contribution is 0.902. The number of rotatable bonds is 4. The van der Waals surface area contributed by atoms with Crippen molar-refractivity contribution in [3.63, 3.8) is 0 Å². The van der Waals surface area contributed by atoms with Gasteiger partial charge in [0.05, 0.1) is 0 Å². The van der Waals surface area contributed by atoms with E-state index in [1.54, 1.807) is 0 Å². The lowest BCUT2D eigenvalue weighted by Gasteiger charge is -1.78. The monoisotopic (exact) mass is 273 g/mol. The number of halogens is 2. The molecule has 0 amide bonds. The van der Waals surface area contributed by atoms with E-state index in [0.717, 1.165) is 23.6 Å². The number of alkyl halides is 2. The summed E-state index contributed by atoms with van der Waals surface area (Å²) in [5, 5.41) is 2.19. The Morgan fingerprint density at radius 3 is 1.60 bits per heavy atom. The summed E-state index contributed by atoms with van der Waals surface area (Å²) in [7, 11) is 0. The van der Waals surface area contributed by atoms with E-state index >= 15 is 0 Å². The molecule has 0 radical (unpaired) electrons. The second-order valence-corrected chi connectivity index (χ2v) is 3.46. The fourth-order valence-corrected chi connectivity index (χ4v) is 1.10. The van der Waals surface area contributed by atoms with E-state index in [0.29, 0.717) is 0 Å². The minimum Gasteiger partial charge on any atom is -0.330 e. The Labute approximate surface area is 81.0 Å². The highest BCUT2D eigenvalue weighted by Gasteiger charge is 1.70. The predicted octanol–water partition coefficient (Wildman–Crippen LogP) is 2.91. The number of hydrogen-bond acceptors (Lipinski definition) is 1. The van der Waals surface area contributed by atoms with Gasteiger partial charge in [0.25, 0.3) is 0 Å². The fourth-order valence-electron chi connectivity index (χ4n) is 0.211. The van der Waals surface area contributed by atoms with Crippen molar-refractivity contribution in [2.75, 3.05) is 17.2 Å². The summed E-state index contributed by atoms with van der Waals surface area (Å²) in [6.07, 6.45) is 3.69. The molecule has 0 heterocycles. The van der Waals surface area contributed by atoms with Crippen LogP contribution in [0.4, 0.5) is 0 Å². The quantitative estimate of drug-likeness (QED) is 0.784. The summed E-state index contributed by atoms with van der Waals surface area (Å²) in [5.74, 6) is 0. The maximum Gasteiger partial charge on any atom is 0.00433 e. The minimum atomic E-state index is 0.797. The largest absolute Gasteiger partial charge is 0.330 e. The van der Waals surface area contributed by atoms with Gasteiger partial charge in [-0.05, 0) is 19.4 Å². The summed E-state index contributed by atoms with van der Waals surface area (Å²) in [4.78, 5) is 0. The first-order valence-electron chi connectivity index (χ1n) is 3.65. The average Bonchev–Trinajstić information content (AvgIpc) is 1.93. The van der Waals surface area contributed by atoms with Crippen LogP contribution in [0, 0.1) is 0 Å². The Bertz CT molecular complexity index is 32.6. The Balaban J connectivity index is 0. The van der Waals surface area contributed by atoms with Crippen LogP contribution in [0.3, 0.4) is 0 Å². The Hall–Kier alpha value is 0.920. The molecule has 10 heavy (non-hydrogen) atoms. The standard InChI is InChI=1S/C4H9Br.C3H8BrN/c1-2-3-4-5;4-2-1-3-5/h2-4H2,1H3;1-3,5H2. The summed E-state index contributed by atoms with van der Waals surface area (Å²) in [6.45, 7) is 2.98. The molecule has 0 unspecified atom stereocenters. The molecule has 0 bridgehead atoms. The first-order chi connectivity index (χ1) is 4.83. The fraction of sp³-hybridized carbons (Fsp3) is 1.00. The van der Waals surface area contributed by atoms with Crippen LogP contribution in [0.2, 0.25) is 0 Å².